The van der Waals surface area contributed by atoms with Gasteiger partial charge in [0, 0.05) is 6.54 Å². The van der Waals surface area contributed by atoms with E-state index in [0.717, 1.165) is 5.56 Å². The summed E-state index contributed by atoms with van der Waals surface area (Å²) in [4.78, 5) is 0. The third kappa shape index (κ3) is 5.34. The Morgan fingerprint density at radius 2 is 1.79 bits per heavy atom. The van der Waals surface area contributed by atoms with Crippen LogP contribution in [0.2, 0.25) is 0 Å². The third-order valence-electron chi connectivity index (χ3n) is 2.47. The fourth-order valence-corrected chi connectivity index (χ4v) is 1.55. The maximum Gasteiger partial charge on any atom is 0.573 e. The van der Waals surface area contributed by atoms with Crippen LogP contribution in [0.3, 0.4) is 0 Å². The van der Waals surface area contributed by atoms with Crippen LogP contribution in [0.25, 0.3) is 6.08 Å². The molecule has 0 bridgehead atoms. The summed E-state index contributed by atoms with van der Waals surface area (Å²) >= 11 is 0. The van der Waals surface area contributed by atoms with E-state index in [9.17, 15) is 13.2 Å². The van der Waals surface area contributed by atoms with Crippen LogP contribution in [0, 0.1) is 0 Å². The van der Waals surface area contributed by atoms with Crippen molar-refractivity contribution in [3.63, 3.8) is 0 Å². The highest BCUT2D eigenvalue weighted by atomic mass is 19.4. The molecule has 0 atom stereocenters. The molecule has 0 fully saturated rings. The zero-order valence-electron chi connectivity index (χ0n) is 11.2. The van der Waals surface area contributed by atoms with Crippen molar-refractivity contribution in [1.29, 1.82) is 0 Å². The fourth-order valence-electron chi connectivity index (χ4n) is 1.55. The van der Waals surface area contributed by atoms with Crippen molar-refractivity contribution in [3.8, 4) is 5.75 Å². The lowest BCUT2D eigenvalue weighted by Crippen LogP contribution is -2.18. The molecule has 0 amide bonds. The van der Waals surface area contributed by atoms with Crippen LogP contribution in [0.4, 0.5) is 13.2 Å². The summed E-state index contributed by atoms with van der Waals surface area (Å²) in [6.45, 7) is 6.11. The minimum Gasteiger partial charge on any atom is -0.406 e. The molecule has 0 saturated heterocycles. The zero-order valence-corrected chi connectivity index (χ0v) is 11.2. The van der Waals surface area contributed by atoms with E-state index >= 15 is 0 Å². The van der Waals surface area contributed by atoms with Crippen molar-refractivity contribution in [2.75, 3.05) is 6.54 Å². The third-order valence-corrected chi connectivity index (χ3v) is 2.47. The second kappa shape index (κ2) is 5.65. The molecule has 19 heavy (non-hydrogen) atoms. The van der Waals surface area contributed by atoms with Crippen LogP contribution < -0.4 is 10.5 Å². The van der Waals surface area contributed by atoms with E-state index in [1.807, 2.05) is 26.8 Å². The molecule has 2 N–H and O–H groups in total. The van der Waals surface area contributed by atoms with E-state index in [-0.39, 0.29) is 11.2 Å². The lowest BCUT2D eigenvalue weighted by molar-refractivity contribution is -0.274. The molecule has 0 heterocycles. The molecule has 5 heteroatoms. The van der Waals surface area contributed by atoms with Crippen LogP contribution in [0.5, 0.6) is 5.75 Å². The number of hydrogen-bond donors (Lipinski definition) is 1. The summed E-state index contributed by atoms with van der Waals surface area (Å²) < 4.78 is 40.9. The fraction of sp³-hybridized carbons (Fsp3) is 0.429. The monoisotopic (exact) mass is 273 g/mol. The van der Waals surface area contributed by atoms with Crippen LogP contribution >= 0.6 is 0 Å². The van der Waals surface area contributed by atoms with Crippen LogP contribution in [-0.4, -0.2) is 12.9 Å². The molecule has 0 aliphatic heterocycles. The first kappa shape index (κ1) is 15.6. The molecule has 106 valence electrons. The van der Waals surface area contributed by atoms with Gasteiger partial charge in [-0.15, -0.1) is 13.2 Å². The van der Waals surface area contributed by atoms with Gasteiger partial charge in [-0.1, -0.05) is 39.0 Å². The Hall–Kier alpha value is -1.49. The normalized spacial score (nSPS) is 13.0. The van der Waals surface area contributed by atoms with E-state index in [2.05, 4.69) is 4.74 Å². The Labute approximate surface area is 111 Å². The van der Waals surface area contributed by atoms with Crippen molar-refractivity contribution in [2.45, 2.75) is 32.5 Å². The van der Waals surface area contributed by atoms with Crippen molar-refractivity contribution < 1.29 is 17.9 Å². The molecule has 0 aromatic heterocycles. The Morgan fingerprint density at radius 3 is 2.26 bits per heavy atom. The minimum atomic E-state index is -4.69. The Bertz CT molecular complexity index is 459. The molecule has 1 aromatic rings. The standard InChI is InChI=1S/C14H18F3NO/c1-13(2,3)11-7-10(5-4-6-18)8-12(9-11)19-14(15,16)17/h4-5,7-9H,6,18H2,1-3H3/b5-4+. The molecular weight excluding hydrogens is 255 g/mol. The first-order valence-corrected chi connectivity index (χ1v) is 5.90. The van der Waals surface area contributed by atoms with Gasteiger partial charge in [0.25, 0.3) is 0 Å². The number of ether oxygens (including phenoxy) is 1. The number of halogens is 3. The summed E-state index contributed by atoms with van der Waals surface area (Å²) in [5, 5.41) is 0. The maximum atomic E-state index is 12.3. The van der Waals surface area contributed by atoms with Crippen molar-refractivity contribution in [3.05, 3.63) is 35.4 Å². The molecule has 1 rings (SSSR count). The largest absolute Gasteiger partial charge is 0.573 e. The van der Waals surface area contributed by atoms with Gasteiger partial charge in [0.15, 0.2) is 0 Å². The van der Waals surface area contributed by atoms with Crippen LogP contribution in [-0.2, 0) is 5.41 Å². The highest BCUT2D eigenvalue weighted by Crippen LogP contribution is 2.31. The van der Waals surface area contributed by atoms with Crippen molar-refractivity contribution in [1.82, 2.24) is 0 Å². The molecule has 0 saturated carbocycles. The van der Waals surface area contributed by atoms with Gasteiger partial charge in [-0.05, 0) is 28.7 Å². The van der Waals surface area contributed by atoms with E-state index in [4.69, 9.17) is 5.73 Å². The Morgan fingerprint density at radius 1 is 1.16 bits per heavy atom. The van der Waals surface area contributed by atoms with E-state index in [1.165, 1.54) is 12.1 Å². The first-order valence-electron chi connectivity index (χ1n) is 5.90. The lowest BCUT2D eigenvalue weighted by Gasteiger charge is -2.21. The van der Waals surface area contributed by atoms with Gasteiger partial charge in [-0.25, -0.2) is 0 Å². The smallest absolute Gasteiger partial charge is 0.406 e. The number of benzene rings is 1. The maximum absolute atomic E-state index is 12.3. The topological polar surface area (TPSA) is 35.2 Å². The molecule has 0 spiro atoms. The first-order chi connectivity index (χ1) is 8.62. The van der Waals surface area contributed by atoms with E-state index < -0.39 is 6.36 Å². The highest BCUT2D eigenvalue weighted by Gasteiger charge is 2.31. The Balaban J connectivity index is 3.20. The second-order valence-electron chi connectivity index (χ2n) is 5.23. The van der Waals surface area contributed by atoms with Gasteiger partial charge in [-0.3, -0.25) is 0 Å². The number of hydrogen-bond acceptors (Lipinski definition) is 2. The summed E-state index contributed by atoms with van der Waals surface area (Å²) in [6.07, 6.45) is -1.33. The van der Waals surface area contributed by atoms with E-state index in [1.54, 1.807) is 12.2 Å². The number of nitrogens with two attached hydrogens (primary N) is 1. The molecular formula is C14H18F3NO. The summed E-state index contributed by atoms with van der Waals surface area (Å²) in [7, 11) is 0. The zero-order chi connectivity index (χ0) is 14.7. The van der Waals surface area contributed by atoms with Crippen LogP contribution in [0.15, 0.2) is 24.3 Å². The van der Waals surface area contributed by atoms with Crippen LogP contribution in [0.1, 0.15) is 31.9 Å². The SMILES string of the molecule is CC(C)(C)c1cc(/C=C/CN)cc(OC(F)(F)F)c1. The highest BCUT2D eigenvalue weighted by molar-refractivity contribution is 5.54. The summed E-state index contributed by atoms with van der Waals surface area (Å²) in [5.41, 5.74) is 6.48. The number of rotatable bonds is 3. The molecule has 2 nitrogen and oxygen atoms in total. The molecule has 0 aliphatic carbocycles. The second-order valence-corrected chi connectivity index (χ2v) is 5.23. The molecule has 0 aliphatic rings. The molecule has 0 unspecified atom stereocenters. The predicted octanol–water partition coefficient (Wildman–Crippen LogP) is 3.85. The number of alkyl halides is 3. The van der Waals surface area contributed by atoms with Crippen molar-refractivity contribution in [2.24, 2.45) is 5.73 Å². The van der Waals surface area contributed by atoms with Gasteiger partial charge in [0.1, 0.15) is 5.75 Å². The summed E-state index contributed by atoms with van der Waals surface area (Å²) in [5.74, 6) is -0.211. The quantitative estimate of drug-likeness (QED) is 0.907. The lowest BCUT2D eigenvalue weighted by atomic mass is 9.86. The van der Waals surface area contributed by atoms with Gasteiger partial charge in [0.05, 0.1) is 0 Å². The minimum absolute atomic E-state index is 0.211. The average molecular weight is 273 g/mol. The van der Waals surface area contributed by atoms with Gasteiger partial charge in [0.2, 0.25) is 0 Å². The summed E-state index contributed by atoms with van der Waals surface area (Å²) in [6, 6.07) is 4.58. The molecule has 1 aromatic carbocycles. The van der Waals surface area contributed by atoms with Gasteiger partial charge in [-0.2, -0.15) is 0 Å². The van der Waals surface area contributed by atoms with Gasteiger partial charge < -0.3 is 10.5 Å². The van der Waals surface area contributed by atoms with Gasteiger partial charge >= 0.3 is 6.36 Å². The van der Waals surface area contributed by atoms with E-state index in [0.29, 0.717) is 12.1 Å². The molecule has 0 radical (unpaired) electrons. The Kier molecular flexibility index (Phi) is 4.63. The average Bonchev–Trinajstić information content (AvgIpc) is 2.22. The predicted molar refractivity (Wildman–Crippen MR) is 69.9 cm³/mol. The van der Waals surface area contributed by atoms with Crippen molar-refractivity contribution >= 4 is 6.08 Å².